The van der Waals surface area contributed by atoms with Gasteiger partial charge >= 0.3 is 0 Å². The van der Waals surface area contributed by atoms with Crippen LogP contribution >= 0.6 is 0 Å². The van der Waals surface area contributed by atoms with Crippen LogP contribution in [0.2, 0.25) is 0 Å². The number of nitrogens with one attached hydrogen (secondary N) is 2. The molecule has 0 fully saturated rings. The fourth-order valence-corrected chi connectivity index (χ4v) is 5.13. The Morgan fingerprint density at radius 1 is 0.579 bits per heavy atom. The van der Waals surface area contributed by atoms with Crippen LogP contribution in [0.15, 0.2) is 97.5 Å². The molecule has 0 spiro atoms. The van der Waals surface area contributed by atoms with Crippen LogP contribution in [-0.4, -0.2) is 19.9 Å². The van der Waals surface area contributed by atoms with Crippen molar-refractivity contribution in [3.05, 3.63) is 126 Å². The third-order valence-corrected chi connectivity index (χ3v) is 6.88. The third kappa shape index (κ3) is 3.80. The Hall–Kier alpha value is -5.22. The molecule has 0 saturated heterocycles. The van der Waals surface area contributed by atoms with Crippen molar-refractivity contribution in [1.82, 2.24) is 19.9 Å². The molecule has 0 amide bonds. The van der Waals surface area contributed by atoms with Crippen molar-refractivity contribution < 1.29 is 2.74 Å². The zero-order valence-electron chi connectivity index (χ0n) is 22.4. The zero-order chi connectivity index (χ0) is 27.1. The third-order valence-electron chi connectivity index (χ3n) is 6.88. The average Bonchev–Trinajstić information content (AvgIpc) is 3.78. The zero-order valence-corrected chi connectivity index (χ0v) is 20.4. The van der Waals surface area contributed by atoms with E-state index < -0.39 is 0 Å². The monoisotopic (exact) mass is 490 g/mol. The van der Waals surface area contributed by atoms with Crippen LogP contribution in [0, 0.1) is 0 Å². The van der Waals surface area contributed by atoms with Crippen molar-refractivity contribution in [1.29, 1.82) is 0 Å². The van der Waals surface area contributed by atoms with Gasteiger partial charge in [0.2, 0.25) is 0 Å². The number of nitrogens with zero attached hydrogens (tertiary/aromatic N) is 2. The second-order valence-electron chi connectivity index (χ2n) is 9.27. The molecular weight excluding hydrogens is 464 g/mol. The molecule has 0 aliphatic carbocycles. The summed E-state index contributed by atoms with van der Waals surface area (Å²) in [4.78, 5) is 17.2. The summed E-state index contributed by atoms with van der Waals surface area (Å²) in [5, 5.41) is 0. The van der Waals surface area contributed by atoms with Gasteiger partial charge in [0, 0.05) is 38.8 Å². The summed E-state index contributed by atoms with van der Waals surface area (Å²) in [5.74, 6) is 0. The first-order valence-corrected chi connectivity index (χ1v) is 12.5. The fourth-order valence-electron chi connectivity index (χ4n) is 5.13. The van der Waals surface area contributed by atoms with E-state index in [1.807, 2.05) is 60.7 Å². The quantitative estimate of drug-likeness (QED) is 0.260. The van der Waals surface area contributed by atoms with E-state index >= 15 is 0 Å². The molecule has 2 N–H and O–H groups in total. The van der Waals surface area contributed by atoms with Gasteiger partial charge in [-0.3, -0.25) is 0 Å². The van der Waals surface area contributed by atoms with Gasteiger partial charge in [-0.15, -0.1) is 0 Å². The summed E-state index contributed by atoms with van der Waals surface area (Å²) in [7, 11) is 0. The van der Waals surface area contributed by atoms with Gasteiger partial charge in [0.1, 0.15) is 0 Å². The average molecular weight is 491 g/mol. The van der Waals surface area contributed by atoms with Crippen molar-refractivity contribution in [3.8, 4) is 22.3 Å². The van der Waals surface area contributed by atoms with Gasteiger partial charge in [0.15, 0.2) is 0 Å². The van der Waals surface area contributed by atoms with Crippen molar-refractivity contribution in [2.75, 3.05) is 0 Å². The first kappa shape index (κ1) is 19.9. The van der Waals surface area contributed by atoms with E-state index in [9.17, 15) is 0 Å². The summed E-state index contributed by atoms with van der Waals surface area (Å²) in [6.45, 7) is -0.309. The molecule has 0 atom stereocenters. The van der Waals surface area contributed by atoms with Crippen LogP contribution in [0.1, 0.15) is 31.1 Å². The van der Waals surface area contributed by atoms with E-state index in [0.29, 0.717) is 17.0 Å². The molecule has 2 aliphatic heterocycles. The summed E-state index contributed by atoms with van der Waals surface area (Å²) in [6, 6.07) is 30.8. The molecule has 2 aliphatic rings. The van der Waals surface area contributed by atoms with E-state index in [4.69, 9.17) is 12.7 Å². The number of aromatic amines is 2. The molecule has 0 radical (unpaired) electrons. The molecule has 0 saturated carbocycles. The van der Waals surface area contributed by atoms with Gasteiger partial charge < -0.3 is 9.97 Å². The molecule has 3 aromatic heterocycles. The lowest BCUT2D eigenvalue weighted by Crippen LogP contribution is -1.89. The van der Waals surface area contributed by atoms with Gasteiger partial charge in [-0.25, -0.2) is 9.97 Å². The number of H-pyrrole nitrogens is 2. The normalized spacial score (nSPS) is 12.7. The van der Waals surface area contributed by atoms with Crippen LogP contribution in [0.3, 0.4) is 0 Å². The highest BCUT2D eigenvalue weighted by molar-refractivity contribution is 5.94. The molecule has 180 valence electrons. The van der Waals surface area contributed by atoms with Gasteiger partial charge in [-0.05, 0) is 65.8 Å². The summed E-state index contributed by atoms with van der Waals surface area (Å²) in [5.41, 5.74) is 11.4. The number of hydrogen-bond donors (Lipinski definition) is 2. The summed E-state index contributed by atoms with van der Waals surface area (Å²) < 4.78 is 15.9. The van der Waals surface area contributed by atoms with Crippen LogP contribution in [0.4, 0.5) is 0 Å². The molecule has 2 aromatic carbocycles. The lowest BCUT2D eigenvalue weighted by Gasteiger charge is -2.04. The van der Waals surface area contributed by atoms with Crippen molar-refractivity contribution in [2.24, 2.45) is 0 Å². The number of hydrogen-bond acceptors (Lipinski definition) is 2. The van der Waals surface area contributed by atoms with E-state index in [2.05, 4.69) is 64.6 Å². The number of rotatable bonds is 3. The number of aromatic nitrogens is 4. The van der Waals surface area contributed by atoms with Crippen molar-refractivity contribution in [2.45, 2.75) is 0 Å². The largest absolute Gasteiger partial charge is 0.355 e. The second-order valence-corrected chi connectivity index (χ2v) is 9.27. The predicted octanol–water partition coefficient (Wildman–Crippen LogP) is 8.63. The maximum absolute atomic E-state index is 7.94. The van der Waals surface area contributed by atoms with Crippen LogP contribution in [0.25, 0.3) is 74.7 Å². The topological polar surface area (TPSA) is 57.4 Å². The molecule has 4 heteroatoms. The fraction of sp³-hybridized carbons (Fsp3) is 0. The summed E-state index contributed by atoms with van der Waals surface area (Å²) >= 11 is 0. The molecule has 8 bridgehead atoms. The number of benzene rings is 2. The molecule has 38 heavy (non-hydrogen) atoms. The minimum Gasteiger partial charge on any atom is -0.355 e. The molecule has 0 unspecified atom stereocenters. The smallest absolute Gasteiger partial charge is 0.0737 e. The second kappa shape index (κ2) is 9.02. The van der Waals surface area contributed by atoms with Crippen LogP contribution < -0.4 is 0 Å². The Labute approximate surface area is 223 Å². The lowest BCUT2D eigenvalue weighted by molar-refractivity contribution is 1.26. The Balaban J connectivity index is 1.65. The van der Waals surface area contributed by atoms with E-state index in [-0.39, 0.29) is 6.53 Å². The van der Waals surface area contributed by atoms with Crippen molar-refractivity contribution >= 4 is 52.4 Å². The first-order valence-electron chi connectivity index (χ1n) is 13.5. The maximum atomic E-state index is 7.94. The Bertz CT molecular complexity index is 1870. The lowest BCUT2D eigenvalue weighted by atomic mass is 10.0. The van der Waals surface area contributed by atoms with E-state index in [0.717, 1.165) is 55.7 Å². The number of fused-ring (bicyclic) bond motifs is 8. The standard InChI is InChI=1S/C34H24N4/c1-2-26-27-17-19-31(37-27)33(22-9-5-3-6-10-22)29-15-13-24(35-29)21-25-14-16-30(36-25)34(23-11-7-4-8-12-23)32-20-18-28(26)38-32/h2-21,35-36H,1H2/i1D2. The molecule has 5 aromatic rings. The Morgan fingerprint density at radius 2 is 1.05 bits per heavy atom. The predicted molar refractivity (Wildman–Crippen MR) is 160 cm³/mol. The Kier molecular flexibility index (Phi) is 4.72. The van der Waals surface area contributed by atoms with E-state index in [1.54, 1.807) is 0 Å². The highest BCUT2D eigenvalue weighted by atomic mass is 14.8. The van der Waals surface area contributed by atoms with Crippen LogP contribution in [-0.2, 0) is 0 Å². The van der Waals surface area contributed by atoms with Gasteiger partial charge in [-0.2, -0.15) is 0 Å². The Morgan fingerprint density at radius 3 is 1.53 bits per heavy atom. The maximum Gasteiger partial charge on any atom is 0.0737 e. The summed E-state index contributed by atoms with van der Waals surface area (Å²) in [6.07, 6.45) is 9.37. The first-order chi connectivity index (χ1) is 19.6. The van der Waals surface area contributed by atoms with Gasteiger partial charge in [0.05, 0.1) is 25.5 Å². The van der Waals surface area contributed by atoms with Crippen LogP contribution in [0.5, 0.6) is 0 Å². The SMILES string of the molecule is [2H]C([2H])=Cc1c2nc(c(-c3ccccc3)c3ccc(cc4ccc([nH]4)c(-c4ccccc4)c4nc1C=C4)[nH]3)C=C2. The molecular formula is C34H24N4. The van der Waals surface area contributed by atoms with Gasteiger partial charge in [0.25, 0.3) is 0 Å². The minimum absolute atomic E-state index is 0.309. The molecule has 4 nitrogen and oxygen atoms in total. The highest BCUT2D eigenvalue weighted by Gasteiger charge is 2.16. The highest BCUT2D eigenvalue weighted by Crippen LogP contribution is 2.33. The van der Waals surface area contributed by atoms with Crippen molar-refractivity contribution in [3.63, 3.8) is 0 Å². The molecule has 7 rings (SSSR count). The van der Waals surface area contributed by atoms with E-state index in [1.165, 1.54) is 6.08 Å². The minimum atomic E-state index is -0.309. The molecule has 5 heterocycles. The van der Waals surface area contributed by atoms with Gasteiger partial charge in [-0.1, -0.05) is 73.3 Å².